The molecule has 0 heterocycles. The number of ether oxygens (including phenoxy) is 1. The second-order valence-electron chi connectivity index (χ2n) is 3.55. The minimum absolute atomic E-state index is 0.0258. The molecule has 0 bridgehead atoms. The van der Waals surface area contributed by atoms with E-state index in [1.165, 1.54) is 7.11 Å². The number of aldehydes is 1. The molecule has 0 rings (SSSR count). The highest BCUT2D eigenvalue weighted by Gasteiger charge is 2.29. The minimum atomic E-state index is -1.79. The molecule has 4 unspecified atom stereocenters. The second kappa shape index (κ2) is 11.9. The van der Waals surface area contributed by atoms with Crippen molar-refractivity contribution in [2.24, 2.45) is 0 Å². The number of carboxylic acids is 1. The van der Waals surface area contributed by atoms with Crippen molar-refractivity contribution in [1.82, 2.24) is 0 Å². The van der Waals surface area contributed by atoms with Crippen LogP contribution in [0.3, 0.4) is 0 Å². The summed E-state index contributed by atoms with van der Waals surface area (Å²) in [6.45, 7) is -0.760. The standard InChI is InChI=1S/C6H12O6.C5H6O4/c7-1-3(9)5(11)6(12)4(10)2-8;1-9-5(8)3-2-4(6)7/h1,3-6,8-12H,2H2;2-3H,1H3,(H,6,7)/b;3-2+. The molecular weight excluding hydrogens is 292 g/mol. The maximum Gasteiger partial charge on any atom is 0.330 e. The van der Waals surface area contributed by atoms with Crippen LogP contribution < -0.4 is 0 Å². The lowest BCUT2D eigenvalue weighted by atomic mass is 10.0. The number of carboxylic acid groups (broad SMARTS) is 1. The molecule has 10 nitrogen and oxygen atoms in total. The Morgan fingerprint density at radius 1 is 1.10 bits per heavy atom. The number of carbonyl (C=O) groups excluding carboxylic acids is 2. The van der Waals surface area contributed by atoms with Crippen molar-refractivity contribution in [2.75, 3.05) is 13.7 Å². The molecular formula is C11H18O10. The number of methoxy groups -OCH3 is 1. The second-order valence-corrected chi connectivity index (χ2v) is 3.55. The Morgan fingerprint density at radius 2 is 1.62 bits per heavy atom. The highest BCUT2D eigenvalue weighted by atomic mass is 16.5. The van der Waals surface area contributed by atoms with Crippen molar-refractivity contribution in [3.05, 3.63) is 12.2 Å². The van der Waals surface area contributed by atoms with Crippen LogP contribution in [0.15, 0.2) is 12.2 Å². The predicted molar refractivity (Wildman–Crippen MR) is 66.0 cm³/mol. The minimum Gasteiger partial charge on any atom is -0.478 e. The zero-order valence-electron chi connectivity index (χ0n) is 11.1. The van der Waals surface area contributed by atoms with E-state index in [-0.39, 0.29) is 6.29 Å². The lowest BCUT2D eigenvalue weighted by molar-refractivity contribution is -0.136. The molecule has 0 aromatic carbocycles. The van der Waals surface area contributed by atoms with E-state index in [9.17, 15) is 14.4 Å². The van der Waals surface area contributed by atoms with Crippen LogP contribution in [-0.2, 0) is 19.1 Å². The third-order valence-corrected chi connectivity index (χ3v) is 1.98. The van der Waals surface area contributed by atoms with E-state index >= 15 is 0 Å². The molecule has 21 heavy (non-hydrogen) atoms. The zero-order chi connectivity index (χ0) is 17.0. The van der Waals surface area contributed by atoms with Crippen LogP contribution in [0.1, 0.15) is 0 Å². The van der Waals surface area contributed by atoms with E-state index in [1.54, 1.807) is 0 Å². The first kappa shape index (κ1) is 21.4. The summed E-state index contributed by atoms with van der Waals surface area (Å²) in [5.74, 6) is -1.84. The van der Waals surface area contributed by atoms with E-state index < -0.39 is 43.0 Å². The van der Waals surface area contributed by atoms with Gasteiger partial charge in [0.15, 0.2) is 6.29 Å². The van der Waals surface area contributed by atoms with Crippen molar-refractivity contribution >= 4 is 18.2 Å². The molecule has 6 N–H and O–H groups in total. The normalized spacial score (nSPS) is 16.1. The maximum atomic E-state index is 10.1. The monoisotopic (exact) mass is 310 g/mol. The third kappa shape index (κ3) is 10.6. The van der Waals surface area contributed by atoms with E-state index in [4.69, 9.17) is 30.6 Å². The average molecular weight is 310 g/mol. The fourth-order valence-corrected chi connectivity index (χ4v) is 0.825. The Hall–Kier alpha value is -1.85. The van der Waals surface area contributed by atoms with Crippen LogP contribution in [0.25, 0.3) is 0 Å². The quantitative estimate of drug-likeness (QED) is 0.156. The number of rotatable bonds is 7. The summed E-state index contributed by atoms with van der Waals surface area (Å²) in [5, 5.41) is 51.5. The molecule has 0 fully saturated rings. The number of aliphatic carboxylic acids is 1. The number of hydrogen-bond donors (Lipinski definition) is 6. The van der Waals surface area contributed by atoms with E-state index in [1.807, 2.05) is 0 Å². The topological polar surface area (TPSA) is 182 Å². The van der Waals surface area contributed by atoms with Gasteiger partial charge < -0.3 is 40.2 Å². The smallest absolute Gasteiger partial charge is 0.330 e. The molecule has 0 amide bonds. The zero-order valence-corrected chi connectivity index (χ0v) is 11.1. The van der Waals surface area contributed by atoms with Gasteiger partial charge in [-0.2, -0.15) is 0 Å². The van der Waals surface area contributed by atoms with Gasteiger partial charge in [-0.15, -0.1) is 0 Å². The van der Waals surface area contributed by atoms with Gasteiger partial charge in [-0.1, -0.05) is 0 Å². The number of aliphatic hydroxyl groups is 5. The SMILES string of the molecule is COC(=O)/C=C/C(=O)O.O=CC(O)C(O)C(O)C(O)CO. The van der Waals surface area contributed by atoms with Gasteiger partial charge in [0.1, 0.15) is 24.4 Å². The van der Waals surface area contributed by atoms with Gasteiger partial charge in [0, 0.05) is 12.2 Å². The number of hydrogen-bond acceptors (Lipinski definition) is 9. The maximum absolute atomic E-state index is 10.1. The molecule has 0 aliphatic heterocycles. The van der Waals surface area contributed by atoms with Gasteiger partial charge in [0.25, 0.3) is 0 Å². The number of aliphatic hydroxyl groups excluding tert-OH is 5. The largest absolute Gasteiger partial charge is 0.478 e. The molecule has 0 spiro atoms. The Labute approximate surface area is 119 Å². The summed E-state index contributed by atoms with van der Waals surface area (Å²) in [4.78, 5) is 29.8. The highest BCUT2D eigenvalue weighted by molar-refractivity contribution is 5.90. The average Bonchev–Trinajstić information content (AvgIpc) is 2.49. The Kier molecular flexibility index (Phi) is 12.2. The van der Waals surface area contributed by atoms with Crippen LogP contribution in [0.2, 0.25) is 0 Å². The molecule has 4 atom stereocenters. The predicted octanol–water partition coefficient (Wildman–Crippen LogP) is -3.58. The van der Waals surface area contributed by atoms with Crippen molar-refractivity contribution in [3.63, 3.8) is 0 Å². The van der Waals surface area contributed by atoms with E-state index in [0.29, 0.717) is 6.08 Å². The Balaban J connectivity index is 0. The van der Waals surface area contributed by atoms with Gasteiger partial charge in [-0.05, 0) is 0 Å². The summed E-state index contributed by atoms with van der Waals surface area (Å²) in [5.41, 5.74) is 0. The molecule has 10 heteroatoms. The lowest BCUT2D eigenvalue weighted by Crippen LogP contribution is -2.46. The van der Waals surface area contributed by atoms with Gasteiger partial charge in [0.2, 0.25) is 0 Å². The van der Waals surface area contributed by atoms with Gasteiger partial charge in [0.05, 0.1) is 13.7 Å². The first-order valence-corrected chi connectivity index (χ1v) is 5.48. The van der Waals surface area contributed by atoms with Crippen LogP contribution in [0, 0.1) is 0 Å². The van der Waals surface area contributed by atoms with E-state index in [2.05, 4.69) is 4.74 Å². The summed E-state index contributed by atoms with van der Waals surface area (Å²) >= 11 is 0. The molecule has 122 valence electrons. The van der Waals surface area contributed by atoms with Crippen molar-refractivity contribution < 1.29 is 49.8 Å². The molecule has 0 aromatic rings. The first-order chi connectivity index (χ1) is 9.70. The summed E-state index contributed by atoms with van der Waals surface area (Å²) in [6.07, 6.45) is -5.29. The fourth-order valence-electron chi connectivity index (χ4n) is 0.825. The summed E-state index contributed by atoms with van der Waals surface area (Å²) in [7, 11) is 1.18. The Bertz CT molecular complexity index is 353. The third-order valence-electron chi connectivity index (χ3n) is 1.98. The summed E-state index contributed by atoms with van der Waals surface area (Å²) < 4.78 is 4.11. The lowest BCUT2D eigenvalue weighted by Gasteiger charge is -2.22. The van der Waals surface area contributed by atoms with Crippen molar-refractivity contribution in [1.29, 1.82) is 0 Å². The van der Waals surface area contributed by atoms with E-state index in [0.717, 1.165) is 6.08 Å². The van der Waals surface area contributed by atoms with Crippen LogP contribution in [-0.4, -0.2) is 87.0 Å². The number of carbonyl (C=O) groups is 3. The molecule has 0 aromatic heterocycles. The molecule has 0 saturated heterocycles. The van der Waals surface area contributed by atoms with Crippen molar-refractivity contribution in [3.8, 4) is 0 Å². The molecule has 0 radical (unpaired) electrons. The molecule has 0 aliphatic rings. The van der Waals surface area contributed by atoms with Crippen LogP contribution in [0.5, 0.6) is 0 Å². The molecule has 0 aliphatic carbocycles. The fraction of sp³-hybridized carbons (Fsp3) is 0.545. The van der Waals surface area contributed by atoms with Crippen LogP contribution >= 0.6 is 0 Å². The summed E-state index contributed by atoms with van der Waals surface area (Å²) in [6, 6.07) is 0. The van der Waals surface area contributed by atoms with Crippen molar-refractivity contribution in [2.45, 2.75) is 24.4 Å². The number of esters is 1. The van der Waals surface area contributed by atoms with Gasteiger partial charge >= 0.3 is 11.9 Å². The van der Waals surface area contributed by atoms with Crippen LogP contribution in [0.4, 0.5) is 0 Å². The van der Waals surface area contributed by atoms with Gasteiger partial charge in [-0.3, -0.25) is 0 Å². The first-order valence-electron chi connectivity index (χ1n) is 5.48. The Morgan fingerprint density at radius 3 is 1.95 bits per heavy atom. The highest BCUT2D eigenvalue weighted by Crippen LogP contribution is 2.02. The molecule has 0 saturated carbocycles. The van der Waals surface area contributed by atoms with Gasteiger partial charge in [-0.25, -0.2) is 9.59 Å².